The van der Waals surface area contributed by atoms with Crippen LogP contribution < -0.4 is 10.0 Å². The van der Waals surface area contributed by atoms with E-state index in [2.05, 4.69) is 17.0 Å². The van der Waals surface area contributed by atoms with Crippen LogP contribution in [-0.2, 0) is 10.0 Å². The van der Waals surface area contributed by atoms with Crippen molar-refractivity contribution in [3.05, 3.63) is 0 Å². The first-order valence-electron chi connectivity index (χ1n) is 7.72. The highest BCUT2D eigenvalue weighted by atomic mass is 32.2. The monoisotopic (exact) mass is 288 g/mol. The number of hydrogen-bond acceptors (Lipinski definition) is 3. The smallest absolute Gasteiger partial charge is 0.212 e. The molecule has 0 amide bonds. The second-order valence-corrected chi connectivity index (χ2v) is 8.37. The summed E-state index contributed by atoms with van der Waals surface area (Å²) in [6, 6.07) is 0. The number of rotatable bonds is 5. The summed E-state index contributed by atoms with van der Waals surface area (Å²) in [5.41, 5.74) is -0.189. The first-order chi connectivity index (χ1) is 8.99. The highest BCUT2D eigenvalue weighted by molar-refractivity contribution is 7.89. The summed E-state index contributed by atoms with van der Waals surface area (Å²) in [5, 5.41) is 3.32. The van der Waals surface area contributed by atoms with Gasteiger partial charge in [0.25, 0.3) is 0 Å². The molecule has 112 valence electrons. The van der Waals surface area contributed by atoms with E-state index in [9.17, 15) is 8.42 Å². The van der Waals surface area contributed by atoms with E-state index in [1.165, 1.54) is 6.42 Å². The van der Waals surface area contributed by atoms with Crippen molar-refractivity contribution in [2.45, 2.75) is 63.8 Å². The summed E-state index contributed by atoms with van der Waals surface area (Å²) in [6.07, 6.45) is 8.55. The quantitative estimate of drug-likeness (QED) is 0.813. The molecular formula is C14H28N2O2S. The molecule has 2 aliphatic rings. The maximum Gasteiger partial charge on any atom is 0.212 e. The highest BCUT2D eigenvalue weighted by Gasteiger charge is 2.31. The zero-order valence-electron chi connectivity index (χ0n) is 12.1. The summed E-state index contributed by atoms with van der Waals surface area (Å²) < 4.78 is 27.4. The normalized spacial score (nSPS) is 25.3. The molecule has 2 N–H and O–H groups in total. The number of piperidine rings is 1. The third kappa shape index (κ3) is 5.04. The second kappa shape index (κ2) is 6.55. The fourth-order valence-corrected chi connectivity index (χ4v) is 5.05. The summed E-state index contributed by atoms with van der Waals surface area (Å²) in [4.78, 5) is 0. The van der Waals surface area contributed by atoms with Gasteiger partial charge in [-0.2, -0.15) is 0 Å². The molecule has 0 aromatic heterocycles. The average Bonchev–Trinajstić information content (AvgIpc) is 2.37. The van der Waals surface area contributed by atoms with Crippen molar-refractivity contribution in [2.75, 3.05) is 18.8 Å². The van der Waals surface area contributed by atoms with Crippen LogP contribution in [0.5, 0.6) is 0 Å². The van der Waals surface area contributed by atoms with Crippen molar-refractivity contribution in [3.63, 3.8) is 0 Å². The molecular weight excluding hydrogens is 260 g/mol. The maximum absolute atomic E-state index is 12.2. The van der Waals surface area contributed by atoms with Crippen LogP contribution in [0.3, 0.4) is 0 Å². The largest absolute Gasteiger partial charge is 0.317 e. The van der Waals surface area contributed by atoms with E-state index >= 15 is 0 Å². The van der Waals surface area contributed by atoms with Gasteiger partial charge in [-0.1, -0.05) is 19.3 Å². The van der Waals surface area contributed by atoms with Gasteiger partial charge in [0.2, 0.25) is 10.0 Å². The van der Waals surface area contributed by atoms with Crippen LogP contribution in [0.25, 0.3) is 0 Å². The van der Waals surface area contributed by atoms with Crippen LogP contribution in [0.4, 0.5) is 0 Å². The number of sulfonamides is 1. The third-order valence-electron chi connectivity index (χ3n) is 4.61. The van der Waals surface area contributed by atoms with Crippen LogP contribution in [-0.4, -0.2) is 32.8 Å². The zero-order chi connectivity index (χ0) is 13.8. The Bertz CT molecular complexity index is 369. The van der Waals surface area contributed by atoms with Crippen LogP contribution in [0.2, 0.25) is 0 Å². The molecule has 0 radical (unpaired) electrons. The summed E-state index contributed by atoms with van der Waals surface area (Å²) >= 11 is 0. The Hall–Kier alpha value is -0.130. The molecule has 4 nitrogen and oxygen atoms in total. The molecule has 0 bridgehead atoms. The van der Waals surface area contributed by atoms with Crippen LogP contribution >= 0.6 is 0 Å². The van der Waals surface area contributed by atoms with Crippen LogP contribution in [0, 0.1) is 5.92 Å². The fourth-order valence-electron chi connectivity index (χ4n) is 3.35. The zero-order valence-corrected chi connectivity index (χ0v) is 12.9. The Labute approximate surface area is 117 Å². The molecule has 1 aliphatic heterocycles. The Morgan fingerprint density at radius 1 is 1.16 bits per heavy atom. The van der Waals surface area contributed by atoms with Crippen molar-refractivity contribution in [3.8, 4) is 0 Å². The molecule has 1 aliphatic carbocycles. The Morgan fingerprint density at radius 2 is 1.79 bits per heavy atom. The SMILES string of the molecule is CC1(NS(=O)(=O)CCC2CCNCC2)CCCCC1. The van der Waals surface area contributed by atoms with Gasteiger partial charge in [-0.3, -0.25) is 0 Å². The van der Waals surface area contributed by atoms with Crippen molar-refractivity contribution in [1.82, 2.24) is 10.0 Å². The van der Waals surface area contributed by atoms with Gasteiger partial charge in [-0.25, -0.2) is 13.1 Å². The molecule has 0 aromatic carbocycles. The topological polar surface area (TPSA) is 58.2 Å². The van der Waals surface area contributed by atoms with E-state index in [-0.39, 0.29) is 5.54 Å². The molecule has 1 saturated carbocycles. The Balaban J connectivity index is 1.80. The molecule has 0 unspecified atom stereocenters. The minimum absolute atomic E-state index is 0.189. The lowest BCUT2D eigenvalue weighted by molar-refractivity contribution is 0.293. The summed E-state index contributed by atoms with van der Waals surface area (Å²) in [7, 11) is -3.11. The van der Waals surface area contributed by atoms with E-state index in [0.29, 0.717) is 11.7 Å². The lowest BCUT2D eigenvalue weighted by Crippen LogP contribution is -2.48. The summed E-state index contributed by atoms with van der Waals surface area (Å²) in [6.45, 7) is 4.14. The van der Waals surface area contributed by atoms with Gasteiger partial charge in [0.15, 0.2) is 0 Å². The molecule has 19 heavy (non-hydrogen) atoms. The first kappa shape index (κ1) is 15.3. The third-order valence-corrected chi connectivity index (χ3v) is 6.19. The van der Waals surface area contributed by atoms with Crippen molar-refractivity contribution >= 4 is 10.0 Å². The number of hydrogen-bond donors (Lipinski definition) is 2. The standard InChI is InChI=1S/C14H28N2O2S/c1-14(8-3-2-4-9-14)16-19(17,18)12-7-13-5-10-15-11-6-13/h13,15-16H,2-12H2,1H3. The lowest BCUT2D eigenvalue weighted by Gasteiger charge is -2.34. The molecule has 5 heteroatoms. The van der Waals surface area contributed by atoms with Gasteiger partial charge in [-0.05, 0) is 58.0 Å². The molecule has 0 spiro atoms. The van der Waals surface area contributed by atoms with E-state index in [1.807, 2.05) is 0 Å². The second-order valence-electron chi connectivity index (χ2n) is 6.52. The maximum atomic E-state index is 12.2. The van der Waals surface area contributed by atoms with E-state index < -0.39 is 10.0 Å². The summed E-state index contributed by atoms with van der Waals surface area (Å²) in [5.74, 6) is 0.879. The predicted molar refractivity (Wildman–Crippen MR) is 78.6 cm³/mol. The van der Waals surface area contributed by atoms with E-state index in [4.69, 9.17) is 0 Å². The van der Waals surface area contributed by atoms with Crippen LogP contribution in [0.15, 0.2) is 0 Å². The van der Waals surface area contributed by atoms with Gasteiger partial charge < -0.3 is 5.32 Å². The molecule has 0 aromatic rings. The average molecular weight is 288 g/mol. The van der Waals surface area contributed by atoms with Gasteiger partial charge in [-0.15, -0.1) is 0 Å². The molecule has 0 atom stereocenters. The van der Waals surface area contributed by atoms with Crippen molar-refractivity contribution in [1.29, 1.82) is 0 Å². The number of nitrogens with one attached hydrogen (secondary N) is 2. The Morgan fingerprint density at radius 3 is 2.42 bits per heavy atom. The lowest BCUT2D eigenvalue weighted by atomic mass is 9.84. The molecule has 2 rings (SSSR count). The van der Waals surface area contributed by atoms with Gasteiger partial charge >= 0.3 is 0 Å². The molecule has 2 fully saturated rings. The fraction of sp³-hybridized carbons (Fsp3) is 1.00. The van der Waals surface area contributed by atoms with E-state index in [1.54, 1.807) is 0 Å². The minimum Gasteiger partial charge on any atom is -0.317 e. The van der Waals surface area contributed by atoms with Crippen molar-refractivity contribution in [2.24, 2.45) is 5.92 Å². The minimum atomic E-state index is -3.11. The van der Waals surface area contributed by atoms with Gasteiger partial charge in [0, 0.05) is 5.54 Å². The molecule has 1 saturated heterocycles. The predicted octanol–water partition coefficient (Wildman–Crippen LogP) is 2.02. The highest BCUT2D eigenvalue weighted by Crippen LogP contribution is 2.28. The molecule has 1 heterocycles. The van der Waals surface area contributed by atoms with Gasteiger partial charge in [0.05, 0.1) is 5.75 Å². The first-order valence-corrected chi connectivity index (χ1v) is 9.37. The Kier molecular flexibility index (Phi) is 5.26. The van der Waals surface area contributed by atoms with Gasteiger partial charge in [0.1, 0.15) is 0 Å². The van der Waals surface area contributed by atoms with Crippen molar-refractivity contribution < 1.29 is 8.42 Å². The van der Waals surface area contributed by atoms with Crippen LogP contribution in [0.1, 0.15) is 58.3 Å². The van der Waals surface area contributed by atoms with E-state index in [0.717, 1.165) is 58.0 Å².